The molecule has 0 bridgehead atoms. The highest BCUT2D eigenvalue weighted by atomic mass is 16.5. The minimum atomic E-state index is -1.08. The lowest BCUT2D eigenvalue weighted by Gasteiger charge is -2.40. The van der Waals surface area contributed by atoms with Crippen molar-refractivity contribution < 1.29 is 24.2 Å². The maximum atomic E-state index is 13.6. The van der Waals surface area contributed by atoms with Crippen molar-refractivity contribution in [3.63, 3.8) is 0 Å². The Hall–Kier alpha value is -3.35. The van der Waals surface area contributed by atoms with Crippen LogP contribution in [0.5, 0.6) is 0 Å². The number of hydrogen-bond acceptors (Lipinski definition) is 4. The molecule has 0 spiro atoms. The van der Waals surface area contributed by atoms with E-state index in [0.717, 1.165) is 54.4 Å². The van der Waals surface area contributed by atoms with Crippen molar-refractivity contribution in [1.29, 1.82) is 0 Å². The summed E-state index contributed by atoms with van der Waals surface area (Å²) in [5.74, 6) is -1.21. The topological polar surface area (TPSA) is 95.9 Å². The Bertz CT molecular complexity index is 1150. The van der Waals surface area contributed by atoms with Crippen LogP contribution in [0.25, 0.3) is 11.1 Å². The number of aliphatic carboxylic acids is 1. The molecule has 2 aromatic rings. The van der Waals surface area contributed by atoms with Gasteiger partial charge in [0.1, 0.15) is 18.2 Å². The average molecular weight is 475 g/mol. The zero-order valence-corrected chi connectivity index (χ0v) is 19.6. The number of piperidine rings is 1. The van der Waals surface area contributed by atoms with E-state index in [0.29, 0.717) is 13.0 Å². The Morgan fingerprint density at radius 1 is 1.00 bits per heavy atom. The summed E-state index contributed by atoms with van der Waals surface area (Å²) < 4.78 is 5.70. The first-order chi connectivity index (χ1) is 17.0. The molecule has 3 atom stereocenters. The van der Waals surface area contributed by atoms with Gasteiger partial charge in [-0.05, 0) is 66.2 Å². The highest BCUT2D eigenvalue weighted by Gasteiger charge is 2.67. The van der Waals surface area contributed by atoms with Crippen molar-refractivity contribution >= 4 is 18.0 Å². The first-order valence-corrected chi connectivity index (χ1v) is 12.7. The first kappa shape index (κ1) is 22.1. The number of fused-ring (bicyclic) bond motifs is 4. The van der Waals surface area contributed by atoms with Crippen molar-refractivity contribution in [2.75, 3.05) is 13.2 Å². The molecule has 7 nitrogen and oxygen atoms in total. The van der Waals surface area contributed by atoms with Crippen molar-refractivity contribution in [2.24, 2.45) is 11.8 Å². The predicted molar refractivity (Wildman–Crippen MR) is 129 cm³/mol. The number of ether oxygens (including phenoxy) is 1. The second-order valence-corrected chi connectivity index (χ2v) is 10.4. The predicted octanol–water partition coefficient (Wildman–Crippen LogP) is 4.16. The van der Waals surface area contributed by atoms with Crippen molar-refractivity contribution in [3.8, 4) is 11.1 Å². The van der Waals surface area contributed by atoms with Crippen LogP contribution >= 0.6 is 0 Å². The fraction of sp³-hybridized carbons (Fsp3) is 0.464. The third-order valence-electron chi connectivity index (χ3n) is 8.63. The van der Waals surface area contributed by atoms with E-state index in [1.165, 1.54) is 4.90 Å². The van der Waals surface area contributed by atoms with E-state index < -0.39 is 23.6 Å². The number of nitrogens with one attached hydrogen (secondary N) is 1. The van der Waals surface area contributed by atoms with E-state index in [1.807, 2.05) is 24.3 Å². The molecule has 1 saturated heterocycles. The van der Waals surface area contributed by atoms with Gasteiger partial charge in [0, 0.05) is 12.5 Å². The van der Waals surface area contributed by atoms with Gasteiger partial charge in [-0.3, -0.25) is 4.79 Å². The highest BCUT2D eigenvalue weighted by molar-refractivity contribution is 5.94. The van der Waals surface area contributed by atoms with Crippen LogP contribution < -0.4 is 5.32 Å². The first-order valence-electron chi connectivity index (χ1n) is 12.7. The number of carbonyl (C=O) groups excluding carboxylic acids is 2. The van der Waals surface area contributed by atoms with Crippen LogP contribution in [0.15, 0.2) is 48.5 Å². The molecule has 0 aromatic heterocycles. The lowest BCUT2D eigenvalue weighted by molar-refractivity contribution is -0.156. The Kier molecular flexibility index (Phi) is 5.31. The molecule has 2 amide bonds. The molecule has 35 heavy (non-hydrogen) atoms. The molecule has 3 aliphatic carbocycles. The molecule has 1 aliphatic heterocycles. The summed E-state index contributed by atoms with van der Waals surface area (Å²) in [5.41, 5.74) is 3.49. The van der Waals surface area contributed by atoms with Crippen LogP contribution in [0.2, 0.25) is 0 Å². The molecule has 0 radical (unpaired) electrons. The number of carboxylic acids is 1. The molecule has 2 aromatic carbocycles. The molecule has 2 saturated carbocycles. The van der Waals surface area contributed by atoms with E-state index in [-0.39, 0.29) is 30.3 Å². The molecular weight excluding hydrogens is 444 g/mol. The Labute approximate surface area is 204 Å². The molecule has 2 N–H and O–H groups in total. The van der Waals surface area contributed by atoms with E-state index in [1.54, 1.807) is 0 Å². The number of alkyl carbamates (subject to hydrolysis) is 1. The number of carbonyl (C=O) groups is 3. The molecular formula is C28H30N2O5. The van der Waals surface area contributed by atoms with Gasteiger partial charge in [-0.2, -0.15) is 0 Å². The summed E-state index contributed by atoms with van der Waals surface area (Å²) >= 11 is 0. The zero-order chi connectivity index (χ0) is 24.2. The van der Waals surface area contributed by atoms with Crippen molar-refractivity contribution in [1.82, 2.24) is 10.2 Å². The lowest BCUT2D eigenvalue weighted by atomic mass is 9.79. The number of rotatable bonds is 6. The molecule has 3 fully saturated rings. The Morgan fingerprint density at radius 3 is 2.26 bits per heavy atom. The standard InChI is InChI=1S/C28H30N2O5/c31-25(30-14-6-9-18-15-28(18,30)26(32)33)24(17-7-5-8-17)29-27(34)35-16-23-21-12-3-1-10-19(21)20-11-2-4-13-22(20)23/h1-4,10-13,17-18,23-24H,5-9,14-16H2,(H,29,34)(H,32,33). The van der Waals surface area contributed by atoms with Crippen molar-refractivity contribution in [2.45, 2.75) is 56.0 Å². The van der Waals surface area contributed by atoms with Gasteiger partial charge in [0.25, 0.3) is 0 Å². The summed E-state index contributed by atoms with van der Waals surface area (Å²) in [6, 6.07) is 15.6. The minimum absolute atomic E-state index is 0.0213. The zero-order valence-electron chi connectivity index (χ0n) is 19.6. The van der Waals surface area contributed by atoms with Crippen molar-refractivity contribution in [3.05, 3.63) is 59.7 Å². The molecule has 6 rings (SSSR count). The van der Waals surface area contributed by atoms with Crippen LogP contribution in [0.3, 0.4) is 0 Å². The number of benzene rings is 2. The second-order valence-electron chi connectivity index (χ2n) is 10.4. The van der Waals surface area contributed by atoms with Crippen LogP contribution in [0.1, 0.15) is 55.6 Å². The van der Waals surface area contributed by atoms with Gasteiger partial charge in [-0.15, -0.1) is 0 Å². The van der Waals surface area contributed by atoms with E-state index >= 15 is 0 Å². The summed E-state index contributed by atoms with van der Waals surface area (Å²) in [6.07, 6.45) is 4.22. The van der Waals surface area contributed by atoms with E-state index in [9.17, 15) is 19.5 Å². The van der Waals surface area contributed by atoms with Crippen LogP contribution in [-0.4, -0.2) is 52.7 Å². The summed E-state index contributed by atoms with van der Waals surface area (Å²) in [4.78, 5) is 40.2. The molecule has 3 unspecified atom stereocenters. The number of carboxylic acid groups (broad SMARTS) is 1. The van der Waals surface area contributed by atoms with Gasteiger partial charge in [-0.1, -0.05) is 55.0 Å². The summed E-state index contributed by atoms with van der Waals surface area (Å²) in [7, 11) is 0. The quantitative estimate of drug-likeness (QED) is 0.656. The third-order valence-corrected chi connectivity index (χ3v) is 8.63. The van der Waals surface area contributed by atoms with Crippen LogP contribution in [0, 0.1) is 11.8 Å². The molecule has 182 valence electrons. The van der Waals surface area contributed by atoms with E-state index in [4.69, 9.17) is 4.74 Å². The SMILES string of the molecule is O=C(NC(C(=O)N1CCCC2CC21C(=O)O)C1CCC1)OCC1c2ccccc2-c2ccccc21. The number of likely N-dealkylation sites (tertiary alicyclic amines) is 1. The largest absolute Gasteiger partial charge is 0.479 e. The maximum absolute atomic E-state index is 13.6. The van der Waals surface area contributed by atoms with Gasteiger partial charge in [0.2, 0.25) is 5.91 Å². The normalized spacial score (nSPS) is 25.5. The Morgan fingerprint density at radius 2 is 1.66 bits per heavy atom. The minimum Gasteiger partial charge on any atom is -0.479 e. The highest BCUT2D eigenvalue weighted by Crippen LogP contribution is 2.54. The molecule has 7 heteroatoms. The molecule has 4 aliphatic rings. The Balaban J connectivity index is 1.17. The number of amides is 2. The van der Waals surface area contributed by atoms with Crippen LogP contribution in [-0.2, 0) is 14.3 Å². The van der Waals surface area contributed by atoms with Gasteiger partial charge in [-0.25, -0.2) is 9.59 Å². The summed E-state index contributed by atoms with van der Waals surface area (Å²) in [5, 5.41) is 12.7. The van der Waals surface area contributed by atoms with Gasteiger partial charge in [0.05, 0.1) is 0 Å². The van der Waals surface area contributed by atoms with Gasteiger partial charge >= 0.3 is 12.1 Å². The second kappa shape index (κ2) is 8.40. The van der Waals surface area contributed by atoms with Crippen LogP contribution in [0.4, 0.5) is 4.79 Å². The van der Waals surface area contributed by atoms with Gasteiger partial charge in [0.15, 0.2) is 0 Å². The average Bonchev–Trinajstić information content (AvgIpc) is 3.52. The monoisotopic (exact) mass is 474 g/mol. The van der Waals surface area contributed by atoms with Gasteiger partial charge < -0.3 is 20.1 Å². The molecule has 1 heterocycles. The fourth-order valence-electron chi connectivity index (χ4n) is 6.46. The third kappa shape index (κ3) is 3.51. The summed E-state index contributed by atoms with van der Waals surface area (Å²) in [6.45, 7) is 0.605. The fourth-order valence-corrected chi connectivity index (χ4v) is 6.46. The number of nitrogens with zero attached hydrogens (tertiary/aromatic N) is 1. The lowest BCUT2D eigenvalue weighted by Crippen LogP contribution is -2.60. The maximum Gasteiger partial charge on any atom is 0.407 e. The smallest absolute Gasteiger partial charge is 0.407 e. The van der Waals surface area contributed by atoms with E-state index in [2.05, 4.69) is 29.6 Å². The number of hydrogen-bond donors (Lipinski definition) is 2.